The van der Waals surface area contributed by atoms with E-state index in [1.54, 1.807) is 0 Å². The fraction of sp³-hybridized carbons (Fsp3) is 0.353. The Morgan fingerprint density at radius 2 is 2.00 bits per heavy atom. The fourth-order valence-electron chi connectivity index (χ4n) is 3.49. The van der Waals surface area contributed by atoms with Gasteiger partial charge in [-0.2, -0.15) is 0 Å². The Balaban J connectivity index is 1.58. The highest BCUT2D eigenvalue weighted by atomic mass is 35.5. The van der Waals surface area contributed by atoms with E-state index >= 15 is 0 Å². The molecule has 1 aliphatic heterocycles. The van der Waals surface area contributed by atoms with Crippen LogP contribution in [-0.4, -0.2) is 39.0 Å². The van der Waals surface area contributed by atoms with Crippen LogP contribution in [0.3, 0.4) is 0 Å². The molecule has 1 fully saturated rings. The molecule has 0 bridgehead atoms. The van der Waals surface area contributed by atoms with Crippen LogP contribution >= 0.6 is 11.6 Å². The van der Waals surface area contributed by atoms with E-state index in [-0.39, 0.29) is 23.2 Å². The van der Waals surface area contributed by atoms with Crippen molar-refractivity contribution in [1.29, 1.82) is 0 Å². The van der Waals surface area contributed by atoms with Crippen LogP contribution in [0.2, 0.25) is 5.15 Å². The molecule has 25 heavy (non-hydrogen) atoms. The van der Waals surface area contributed by atoms with Crippen molar-refractivity contribution in [2.45, 2.75) is 31.1 Å². The lowest BCUT2D eigenvalue weighted by Crippen LogP contribution is -2.49. The van der Waals surface area contributed by atoms with Gasteiger partial charge in [0.15, 0.2) is 17.1 Å². The average molecular weight is 360 g/mol. The van der Waals surface area contributed by atoms with Gasteiger partial charge in [0.05, 0.1) is 23.8 Å². The van der Waals surface area contributed by atoms with Gasteiger partial charge in [-0.3, -0.25) is 0 Å². The zero-order valence-electron chi connectivity index (χ0n) is 13.3. The first-order valence-corrected chi connectivity index (χ1v) is 8.52. The molecule has 0 amide bonds. The van der Waals surface area contributed by atoms with Crippen molar-refractivity contribution in [2.24, 2.45) is 11.1 Å². The number of hydrogen-bond acceptors (Lipinski definition) is 7. The zero-order valence-corrected chi connectivity index (χ0v) is 14.1. The summed E-state index contributed by atoms with van der Waals surface area (Å²) in [6, 6.07) is 9.68. The Morgan fingerprint density at radius 1 is 1.20 bits per heavy atom. The minimum Gasteiger partial charge on any atom is -0.393 e. The van der Waals surface area contributed by atoms with Gasteiger partial charge in [-0.15, -0.1) is 0 Å². The molecule has 0 spiro atoms. The Bertz CT molecular complexity index is 801. The number of nitrogen functional groups attached to an aromatic ring is 1. The molecule has 1 saturated carbocycles. The third-order valence-electron chi connectivity index (χ3n) is 4.75. The van der Waals surface area contributed by atoms with Gasteiger partial charge in [-0.1, -0.05) is 47.1 Å². The zero-order chi connectivity index (χ0) is 17.4. The lowest BCUT2D eigenvalue weighted by atomic mass is 9.77. The van der Waals surface area contributed by atoms with Crippen molar-refractivity contribution in [3.05, 3.63) is 47.4 Å². The number of aromatic nitrogens is 2. The molecule has 2 aromatic rings. The normalized spacial score (nSPS) is 28.0. The molecular formula is C17H18ClN5O2. The molecule has 1 aromatic heterocycles. The second-order valence-electron chi connectivity index (χ2n) is 6.26. The van der Waals surface area contributed by atoms with Crippen LogP contribution in [0.15, 0.2) is 41.8 Å². The molecule has 4 N–H and O–H groups in total. The van der Waals surface area contributed by atoms with Crippen molar-refractivity contribution in [3.63, 3.8) is 0 Å². The maximum Gasteiger partial charge on any atom is 0.158 e. The number of anilines is 2. The predicted octanol–water partition coefficient (Wildman–Crippen LogP) is 2.07. The average Bonchev–Trinajstić information content (AvgIpc) is 3.08. The third-order valence-corrected chi connectivity index (χ3v) is 5.06. The summed E-state index contributed by atoms with van der Waals surface area (Å²) in [5, 5.41) is 18.3. The number of oxime groups is 1. The minimum atomic E-state index is -0.504. The molecule has 1 aliphatic carbocycles. The van der Waals surface area contributed by atoms with E-state index in [2.05, 4.69) is 20.4 Å². The number of nitrogens with one attached hydrogen (secondary N) is 1. The standard InChI is InChI=1S/C17H18ClN5O2/c18-16-13(19)17(21-8-20-16)22-10-6-7-11(24)12-14(23-25-15(10)12)9-4-2-1-3-5-9/h1-5,8,10-12,15,24H,6-7,19H2,(H,20,21,22)/t10-,11+,12+,15+/m1/s1. The Morgan fingerprint density at radius 3 is 2.80 bits per heavy atom. The van der Waals surface area contributed by atoms with Crippen LogP contribution in [0.25, 0.3) is 0 Å². The SMILES string of the molecule is Nc1c(Cl)ncnc1N[C@@H]1CC[C@H](O)[C@H]2C(c3ccccc3)=NO[C@H]21. The molecule has 4 atom stereocenters. The molecule has 2 heterocycles. The van der Waals surface area contributed by atoms with E-state index in [1.807, 2.05) is 30.3 Å². The van der Waals surface area contributed by atoms with Crippen LogP contribution in [0.5, 0.6) is 0 Å². The Labute approximate surface area is 149 Å². The number of benzene rings is 1. The van der Waals surface area contributed by atoms with E-state index < -0.39 is 6.10 Å². The third kappa shape index (κ3) is 2.89. The van der Waals surface area contributed by atoms with Gasteiger partial charge in [-0.25, -0.2) is 9.97 Å². The highest BCUT2D eigenvalue weighted by molar-refractivity contribution is 6.32. The molecule has 130 valence electrons. The van der Waals surface area contributed by atoms with Crippen molar-refractivity contribution in [3.8, 4) is 0 Å². The summed E-state index contributed by atoms with van der Waals surface area (Å²) in [5.74, 6) is 0.268. The number of rotatable bonds is 3. The summed E-state index contributed by atoms with van der Waals surface area (Å²) < 4.78 is 0. The topological polar surface area (TPSA) is 106 Å². The Kier molecular flexibility index (Phi) is 4.19. The molecule has 4 rings (SSSR count). The molecule has 0 radical (unpaired) electrons. The lowest BCUT2D eigenvalue weighted by molar-refractivity contribution is -0.0220. The first kappa shape index (κ1) is 16.1. The summed E-state index contributed by atoms with van der Waals surface area (Å²) in [7, 11) is 0. The minimum absolute atomic E-state index is 0.0911. The van der Waals surface area contributed by atoms with Crippen molar-refractivity contribution < 1.29 is 9.94 Å². The van der Waals surface area contributed by atoms with Gasteiger partial charge in [0, 0.05) is 0 Å². The molecule has 2 aliphatic rings. The second-order valence-corrected chi connectivity index (χ2v) is 6.62. The molecular weight excluding hydrogens is 342 g/mol. The van der Waals surface area contributed by atoms with Gasteiger partial charge < -0.3 is 21.0 Å². The van der Waals surface area contributed by atoms with Crippen LogP contribution in [0, 0.1) is 5.92 Å². The molecule has 1 aromatic carbocycles. The molecule has 8 heteroatoms. The highest BCUT2D eigenvalue weighted by Gasteiger charge is 2.47. The molecule has 0 saturated heterocycles. The quantitative estimate of drug-likeness (QED) is 0.724. The highest BCUT2D eigenvalue weighted by Crippen LogP contribution is 2.37. The number of aliphatic hydroxyl groups is 1. The molecule has 0 unspecified atom stereocenters. The largest absolute Gasteiger partial charge is 0.393 e. The van der Waals surface area contributed by atoms with Crippen LogP contribution in [-0.2, 0) is 4.84 Å². The number of hydrogen-bond donors (Lipinski definition) is 3. The van der Waals surface area contributed by atoms with Gasteiger partial charge in [0.2, 0.25) is 0 Å². The summed E-state index contributed by atoms with van der Waals surface area (Å²) in [4.78, 5) is 13.7. The number of halogens is 1. The van der Waals surface area contributed by atoms with Crippen LogP contribution < -0.4 is 11.1 Å². The number of aliphatic hydroxyl groups excluding tert-OH is 1. The maximum absolute atomic E-state index is 10.5. The summed E-state index contributed by atoms with van der Waals surface area (Å²) in [6.45, 7) is 0. The van der Waals surface area contributed by atoms with Crippen LogP contribution in [0.4, 0.5) is 11.5 Å². The first-order valence-electron chi connectivity index (χ1n) is 8.15. The van der Waals surface area contributed by atoms with E-state index in [4.69, 9.17) is 22.2 Å². The second kappa shape index (κ2) is 6.50. The summed E-state index contributed by atoms with van der Waals surface area (Å²) >= 11 is 5.96. The Hall–Kier alpha value is -2.38. The van der Waals surface area contributed by atoms with Crippen LogP contribution in [0.1, 0.15) is 18.4 Å². The van der Waals surface area contributed by atoms with E-state index in [1.165, 1.54) is 6.33 Å². The van der Waals surface area contributed by atoms with Crippen molar-refractivity contribution in [1.82, 2.24) is 9.97 Å². The summed E-state index contributed by atoms with van der Waals surface area (Å²) in [6.07, 6.45) is 1.90. The molecule has 7 nitrogen and oxygen atoms in total. The van der Waals surface area contributed by atoms with Gasteiger partial charge >= 0.3 is 0 Å². The lowest BCUT2D eigenvalue weighted by Gasteiger charge is -2.36. The number of nitrogens with zero attached hydrogens (tertiary/aromatic N) is 3. The van der Waals surface area contributed by atoms with Crippen molar-refractivity contribution >= 4 is 28.8 Å². The van der Waals surface area contributed by atoms with E-state index in [0.717, 1.165) is 11.3 Å². The predicted molar refractivity (Wildman–Crippen MR) is 95.4 cm³/mol. The smallest absolute Gasteiger partial charge is 0.158 e. The van der Waals surface area contributed by atoms with Gasteiger partial charge in [0.25, 0.3) is 0 Å². The van der Waals surface area contributed by atoms with Gasteiger partial charge in [0.1, 0.15) is 12.0 Å². The van der Waals surface area contributed by atoms with E-state index in [0.29, 0.717) is 24.3 Å². The van der Waals surface area contributed by atoms with E-state index in [9.17, 15) is 5.11 Å². The van der Waals surface area contributed by atoms with Crippen molar-refractivity contribution in [2.75, 3.05) is 11.1 Å². The first-order chi connectivity index (χ1) is 12.1. The fourth-order valence-corrected chi connectivity index (χ4v) is 3.62. The van der Waals surface area contributed by atoms with Gasteiger partial charge in [-0.05, 0) is 18.4 Å². The monoisotopic (exact) mass is 359 g/mol. The summed E-state index contributed by atoms with van der Waals surface area (Å²) in [5.41, 5.74) is 7.98. The number of nitrogens with two attached hydrogens (primary N) is 1. The number of fused-ring (bicyclic) bond motifs is 1. The maximum atomic E-state index is 10.5.